The van der Waals surface area contributed by atoms with Crippen LogP contribution in [0.1, 0.15) is 22.6 Å². The summed E-state index contributed by atoms with van der Waals surface area (Å²) in [5, 5.41) is 2.28. The Hall–Kier alpha value is -6.78. The van der Waals surface area contributed by atoms with Crippen LogP contribution in [0.25, 0.3) is 21.9 Å². The van der Waals surface area contributed by atoms with Crippen LogP contribution in [0.15, 0.2) is 199 Å². The highest BCUT2D eigenvalue weighted by Gasteiger charge is 2.44. The third kappa shape index (κ3) is 4.62. The molecule has 0 fully saturated rings. The Morgan fingerprint density at radius 1 is 0.377 bits per heavy atom. The van der Waals surface area contributed by atoms with E-state index in [1.54, 1.807) is 0 Å². The van der Waals surface area contributed by atoms with E-state index < -0.39 is 0 Å². The molecular weight excluding hydrogens is 643 g/mol. The van der Waals surface area contributed by atoms with E-state index in [1.165, 1.54) is 50.1 Å². The van der Waals surface area contributed by atoms with E-state index >= 15 is 0 Å². The van der Waals surface area contributed by atoms with Crippen molar-refractivity contribution < 1.29 is 4.42 Å². The van der Waals surface area contributed by atoms with E-state index in [9.17, 15) is 0 Å². The Morgan fingerprint density at radius 2 is 0.906 bits per heavy atom. The summed E-state index contributed by atoms with van der Waals surface area (Å²) in [4.78, 5) is 4.96. The molecule has 3 heterocycles. The minimum absolute atomic E-state index is 0.00476. The van der Waals surface area contributed by atoms with Crippen molar-refractivity contribution >= 4 is 79.2 Å². The van der Waals surface area contributed by atoms with Crippen LogP contribution in [0.2, 0.25) is 0 Å². The SMILES string of the molecule is c1ccc(C(c2ccccc2)c2cc3c4c(c2)N(c2ccccc2)c2cc5oc6ccccc6c5cc2B4c2ccccc2N3c2ccccc2)cc1. The molecule has 2 aliphatic heterocycles. The zero-order chi connectivity index (χ0) is 34.9. The van der Waals surface area contributed by atoms with Gasteiger partial charge in [-0.2, -0.15) is 0 Å². The molecule has 3 nitrogen and oxygen atoms in total. The lowest BCUT2D eigenvalue weighted by Gasteiger charge is -2.44. The van der Waals surface area contributed by atoms with E-state index in [0.29, 0.717) is 0 Å². The molecule has 0 saturated carbocycles. The van der Waals surface area contributed by atoms with Gasteiger partial charge in [0.15, 0.2) is 0 Å². The smallest absolute Gasteiger partial charge is 0.252 e. The predicted molar refractivity (Wildman–Crippen MR) is 222 cm³/mol. The van der Waals surface area contributed by atoms with Crippen LogP contribution >= 0.6 is 0 Å². The minimum Gasteiger partial charge on any atom is -0.456 e. The highest BCUT2D eigenvalue weighted by atomic mass is 16.3. The Labute approximate surface area is 309 Å². The second-order valence-corrected chi connectivity index (χ2v) is 14.1. The van der Waals surface area contributed by atoms with Crippen molar-refractivity contribution in [3.63, 3.8) is 0 Å². The quantitative estimate of drug-likeness (QED) is 0.134. The van der Waals surface area contributed by atoms with Crippen LogP contribution in [0, 0.1) is 0 Å². The highest BCUT2D eigenvalue weighted by molar-refractivity contribution is 7.00. The number of para-hydroxylation sites is 4. The minimum atomic E-state index is 0.00476. The molecule has 4 heteroatoms. The summed E-state index contributed by atoms with van der Waals surface area (Å²) in [6, 6.07) is 70.6. The van der Waals surface area contributed by atoms with Gasteiger partial charge in [0.1, 0.15) is 11.2 Å². The maximum absolute atomic E-state index is 6.58. The second-order valence-electron chi connectivity index (χ2n) is 14.1. The molecule has 9 aromatic rings. The first-order valence-electron chi connectivity index (χ1n) is 18.3. The molecule has 8 aromatic carbocycles. The Balaban J connectivity index is 1.29. The molecule has 0 unspecified atom stereocenters. The number of nitrogens with zero attached hydrogens (tertiary/aromatic N) is 2. The zero-order valence-electron chi connectivity index (χ0n) is 28.9. The average molecular weight is 677 g/mol. The van der Waals surface area contributed by atoms with Gasteiger partial charge in [-0.3, -0.25) is 0 Å². The lowest BCUT2D eigenvalue weighted by atomic mass is 9.33. The Bertz CT molecular complexity index is 2760. The fraction of sp³-hybridized carbons (Fsp3) is 0.0204. The Morgan fingerprint density at radius 3 is 1.55 bits per heavy atom. The predicted octanol–water partition coefficient (Wildman–Crippen LogP) is 10.8. The van der Waals surface area contributed by atoms with Gasteiger partial charge in [0.05, 0.1) is 0 Å². The van der Waals surface area contributed by atoms with Crippen molar-refractivity contribution in [2.45, 2.75) is 5.92 Å². The van der Waals surface area contributed by atoms with E-state index in [4.69, 9.17) is 4.42 Å². The molecule has 248 valence electrons. The molecular formula is C49H33BN2O. The number of fused-ring (bicyclic) bond motifs is 7. The fourth-order valence-corrected chi connectivity index (χ4v) is 8.93. The molecule has 0 radical (unpaired) electrons. The van der Waals surface area contributed by atoms with Gasteiger partial charge in [-0.05, 0) is 81.6 Å². The molecule has 0 amide bonds. The van der Waals surface area contributed by atoms with E-state index in [0.717, 1.165) is 39.0 Å². The molecule has 0 saturated heterocycles. The number of benzene rings is 8. The molecule has 1 aromatic heterocycles. The van der Waals surface area contributed by atoms with Crippen molar-refractivity contribution in [3.05, 3.63) is 211 Å². The highest BCUT2D eigenvalue weighted by Crippen LogP contribution is 2.47. The molecule has 0 spiro atoms. The van der Waals surface area contributed by atoms with Gasteiger partial charge in [0.2, 0.25) is 0 Å². The van der Waals surface area contributed by atoms with Gasteiger partial charge < -0.3 is 14.2 Å². The number of rotatable bonds is 5. The summed E-state index contributed by atoms with van der Waals surface area (Å²) in [7, 11) is 0. The fourth-order valence-electron chi connectivity index (χ4n) is 8.93. The van der Waals surface area contributed by atoms with Crippen LogP contribution in [0.4, 0.5) is 34.1 Å². The number of hydrogen-bond donors (Lipinski definition) is 0. The maximum atomic E-state index is 6.58. The lowest BCUT2D eigenvalue weighted by molar-refractivity contribution is 0.669. The normalized spacial score (nSPS) is 13.0. The average Bonchev–Trinajstić information content (AvgIpc) is 3.59. The van der Waals surface area contributed by atoms with Crippen LogP contribution in [-0.4, -0.2) is 6.71 Å². The van der Waals surface area contributed by atoms with Crippen LogP contribution in [0.5, 0.6) is 0 Å². The lowest BCUT2D eigenvalue weighted by Crippen LogP contribution is -2.61. The van der Waals surface area contributed by atoms with E-state index in [-0.39, 0.29) is 12.6 Å². The standard InChI is InChI=1S/C49H33BN2O/c1-5-17-33(18-6-1)48(34-19-7-2-8-20-34)35-29-44-49-45(30-35)52(37-23-11-4-12-24-37)43-32-47-39(38-25-13-16-28-46(38)53-47)31-41(43)50(49)40-26-14-15-27-42(40)51(44)36-21-9-3-10-22-36/h1-32,48H. The number of anilines is 6. The molecule has 0 N–H and O–H groups in total. The molecule has 0 atom stereocenters. The molecule has 0 bridgehead atoms. The summed E-state index contributed by atoms with van der Waals surface area (Å²) in [5.41, 5.74) is 16.4. The summed E-state index contributed by atoms with van der Waals surface area (Å²) in [6.07, 6.45) is 0. The monoisotopic (exact) mass is 676 g/mol. The van der Waals surface area contributed by atoms with Crippen molar-refractivity contribution in [1.82, 2.24) is 0 Å². The molecule has 11 rings (SSSR count). The van der Waals surface area contributed by atoms with Crippen LogP contribution < -0.4 is 26.2 Å². The summed E-state index contributed by atoms with van der Waals surface area (Å²) >= 11 is 0. The summed E-state index contributed by atoms with van der Waals surface area (Å²) in [6.45, 7) is 0.00476. The third-order valence-corrected chi connectivity index (χ3v) is 11.1. The molecule has 0 aliphatic carbocycles. The number of furan rings is 1. The third-order valence-electron chi connectivity index (χ3n) is 11.1. The Kier molecular flexibility index (Phi) is 6.71. The van der Waals surface area contributed by atoms with Gasteiger partial charge >= 0.3 is 0 Å². The van der Waals surface area contributed by atoms with Crippen LogP contribution in [0.3, 0.4) is 0 Å². The van der Waals surface area contributed by atoms with Crippen LogP contribution in [-0.2, 0) is 0 Å². The maximum Gasteiger partial charge on any atom is 0.252 e. The summed E-state index contributed by atoms with van der Waals surface area (Å²) in [5.74, 6) is 0.0177. The zero-order valence-corrected chi connectivity index (χ0v) is 28.9. The largest absolute Gasteiger partial charge is 0.456 e. The van der Waals surface area contributed by atoms with Gasteiger partial charge in [-0.15, -0.1) is 0 Å². The summed E-state index contributed by atoms with van der Waals surface area (Å²) < 4.78 is 6.58. The second kappa shape index (κ2) is 11.9. The first-order chi connectivity index (χ1) is 26.3. The van der Waals surface area contributed by atoms with Crippen molar-refractivity contribution in [2.75, 3.05) is 9.80 Å². The van der Waals surface area contributed by atoms with Crippen molar-refractivity contribution in [2.24, 2.45) is 0 Å². The van der Waals surface area contributed by atoms with Gasteiger partial charge in [0.25, 0.3) is 6.71 Å². The topological polar surface area (TPSA) is 19.6 Å². The van der Waals surface area contributed by atoms with Gasteiger partial charge in [0, 0.05) is 56.9 Å². The number of hydrogen-bond acceptors (Lipinski definition) is 3. The molecule has 53 heavy (non-hydrogen) atoms. The van der Waals surface area contributed by atoms with E-state index in [1.807, 2.05) is 0 Å². The van der Waals surface area contributed by atoms with E-state index in [2.05, 4.69) is 204 Å². The first kappa shape index (κ1) is 29.9. The van der Waals surface area contributed by atoms with Gasteiger partial charge in [-0.25, -0.2) is 0 Å². The van der Waals surface area contributed by atoms with Crippen molar-refractivity contribution in [1.29, 1.82) is 0 Å². The first-order valence-corrected chi connectivity index (χ1v) is 18.3. The van der Waals surface area contributed by atoms with Gasteiger partial charge in [-0.1, -0.05) is 140 Å². The molecule has 2 aliphatic rings. The van der Waals surface area contributed by atoms with Crippen molar-refractivity contribution in [3.8, 4) is 0 Å².